The first kappa shape index (κ1) is 12.7. The van der Waals surface area contributed by atoms with Gasteiger partial charge in [0.2, 0.25) is 5.91 Å². The van der Waals surface area contributed by atoms with Crippen LogP contribution in [-0.4, -0.2) is 34.3 Å². The normalized spacial score (nSPS) is 30.4. The first-order valence-corrected chi connectivity index (χ1v) is 6.23. The fraction of sp³-hybridized carbons (Fsp3) is 0.286. The highest BCUT2D eigenvalue weighted by Crippen LogP contribution is 2.39. The number of hydrogen-bond donors (Lipinski definition) is 3. The van der Waals surface area contributed by atoms with Crippen molar-refractivity contribution in [2.24, 2.45) is 11.8 Å². The van der Waals surface area contributed by atoms with Gasteiger partial charge in [0.15, 0.2) is 0 Å². The lowest BCUT2D eigenvalue weighted by Gasteiger charge is -2.21. The Hall–Kier alpha value is -2.34. The van der Waals surface area contributed by atoms with Gasteiger partial charge in [0.1, 0.15) is 11.7 Å². The maximum absolute atomic E-state index is 12.3. The SMILES string of the molecule is O=C(O)[C@@H]1[C@@H](C(=O)Nc2cccc(O)c2)[C@H]2C=C[C@H]1O2. The molecule has 1 aromatic carbocycles. The van der Waals surface area contributed by atoms with Gasteiger partial charge >= 0.3 is 5.97 Å². The predicted octanol–water partition coefficient (Wildman–Crippen LogP) is 0.985. The number of carbonyl (C=O) groups is 2. The van der Waals surface area contributed by atoms with Crippen molar-refractivity contribution in [2.75, 3.05) is 5.32 Å². The maximum Gasteiger partial charge on any atom is 0.310 e. The van der Waals surface area contributed by atoms with Crippen molar-refractivity contribution < 1.29 is 24.5 Å². The molecule has 2 aliphatic heterocycles. The van der Waals surface area contributed by atoms with Gasteiger partial charge in [0.05, 0.1) is 18.1 Å². The lowest BCUT2D eigenvalue weighted by atomic mass is 9.82. The molecule has 104 valence electrons. The zero-order valence-electron chi connectivity index (χ0n) is 10.4. The molecule has 0 saturated carbocycles. The van der Waals surface area contributed by atoms with E-state index in [9.17, 15) is 19.8 Å². The zero-order valence-corrected chi connectivity index (χ0v) is 10.4. The molecule has 2 heterocycles. The number of rotatable bonds is 3. The van der Waals surface area contributed by atoms with Gasteiger partial charge in [-0.15, -0.1) is 0 Å². The summed E-state index contributed by atoms with van der Waals surface area (Å²) in [4.78, 5) is 23.5. The van der Waals surface area contributed by atoms with Crippen LogP contribution in [-0.2, 0) is 14.3 Å². The highest BCUT2D eigenvalue weighted by atomic mass is 16.5. The van der Waals surface area contributed by atoms with E-state index in [0.717, 1.165) is 0 Å². The van der Waals surface area contributed by atoms with Gasteiger partial charge in [0.25, 0.3) is 0 Å². The molecule has 0 spiro atoms. The van der Waals surface area contributed by atoms with Crippen molar-refractivity contribution in [3.63, 3.8) is 0 Å². The minimum Gasteiger partial charge on any atom is -0.508 e. The molecular weight excluding hydrogens is 262 g/mol. The summed E-state index contributed by atoms with van der Waals surface area (Å²) in [5.41, 5.74) is 0.422. The van der Waals surface area contributed by atoms with Gasteiger partial charge in [0, 0.05) is 11.8 Å². The van der Waals surface area contributed by atoms with Gasteiger partial charge in [-0.25, -0.2) is 0 Å². The number of carboxylic acids is 1. The van der Waals surface area contributed by atoms with Crippen molar-refractivity contribution in [1.82, 2.24) is 0 Å². The smallest absolute Gasteiger partial charge is 0.310 e. The molecular formula is C14H13NO5. The Morgan fingerprint density at radius 1 is 1.15 bits per heavy atom. The number of carboxylic acid groups (broad SMARTS) is 1. The monoisotopic (exact) mass is 275 g/mol. The Labute approximate surface area is 114 Å². The molecule has 6 nitrogen and oxygen atoms in total. The van der Waals surface area contributed by atoms with Crippen LogP contribution in [0.3, 0.4) is 0 Å². The fourth-order valence-corrected chi connectivity index (χ4v) is 2.72. The first-order valence-electron chi connectivity index (χ1n) is 6.23. The van der Waals surface area contributed by atoms with Crippen LogP contribution in [0.25, 0.3) is 0 Å². The summed E-state index contributed by atoms with van der Waals surface area (Å²) in [6.45, 7) is 0. The lowest BCUT2D eigenvalue weighted by molar-refractivity contribution is -0.145. The van der Waals surface area contributed by atoms with Crippen LogP contribution in [0.15, 0.2) is 36.4 Å². The molecule has 20 heavy (non-hydrogen) atoms. The van der Waals surface area contributed by atoms with Crippen molar-refractivity contribution in [3.05, 3.63) is 36.4 Å². The Morgan fingerprint density at radius 2 is 1.85 bits per heavy atom. The highest BCUT2D eigenvalue weighted by Gasteiger charge is 2.53. The second-order valence-corrected chi connectivity index (χ2v) is 4.88. The summed E-state index contributed by atoms with van der Waals surface area (Å²) < 4.78 is 5.44. The van der Waals surface area contributed by atoms with E-state index in [1.165, 1.54) is 12.1 Å². The number of fused-ring (bicyclic) bond motifs is 2. The summed E-state index contributed by atoms with van der Waals surface area (Å²) in [6.07, 6.45) is 2.36. The molecule has 0 aliphatic carbocycles. The molecule has 1 aromatic rings. The molecule has 0 radical (unpaired) electrons. The molecule has 0 aromatic heterocycles. The van der Waals surface area contributed by atoms with E-state index in [0.29, 0.717) is 5.69 Å². The second kappa shape index (κ2) is 4.64. The van der Waals surface area contributed by atoms with Crippen LogP contribution in [0.5, 0.6) is 5.75 Å². The van der Waals surface area contributed by atoms with Crippen LogP contribution in [0.2, 0.25) is 0 Å². The number of anilines is 1. The van der Waals surface area contributed by atoms with Gasteiger partial charge in [-0.05, 0) is 12.1 Å². The quantitative estimate of drug-likeness (QED) is 0.715. The molecule has 3 N–H and O–H groups in total. The van der Waals surface area contributed by atoms with E-state index >= 15 is 0 Å². The molecule has 4 atom stereocenters. The molecule has 2 bridgehead atoms. The van der Waals surface area contributed by atoms with Crippen molar-refractivity contribution >= 4 is 17.6 Å². The average molecular weight is 275 g/mol. The summed E-state index contributed by atoms with van der Waals surface area (Å²) in [6, 6.07) is 6.10. The van der Waals surface area contributed by atoms with E-state index in [1.54, 1.807) is 24.3 Å². The third-order valence-corrected chi connectivity index (χ3v) is 3.60. The minimum atomic E-state index is -1.04. The van der Waals surface area contributed by atoms with E-state index in [2.05, 4.69) is 5.32 Å². The van der Waals surface area contributed by atoms with Crippen LogP contribution in [0.4, 0.5) is 5.69 Å². The molecule has 6 heteroatoms. The number of aliphatic carboxylic acids is 1. The van der Waals surface area contributed by atoms with E-state index in [4.69, 9.17) is 4.74 Å². The number of nitrogens with one attached hydrogen (secondary N) is 1. The van der Waals surface area contributed by atoms with Crippen LogP contribution >= 0.6 is 0 Å². The van der Waals surface area contributed by atoms with E-state index in [1.807, 2.05) is 0 Å². The number of phenols is 1. The van der Waals surface area contributed by atoms with Crippen molar-refractivity contribution in [1.29, 1.82) is 0 Å². The summed E-state index contributed by atoms with van der Waals surface area (Å²) in [7, 11) is 0. The molecule has 1 amide bonds. The Morgan fingerprint density at radius 3 is 2.50 bits per heavy atom. The molecule has 0 unspecified atom stereocenters. The lowest BCUT2D eigenvalue weighted by Crippen LogP contribution is -2.39. The van der Waals surface area contributed by atoms with E-state index < -0.39 is 35.9 Å². The van der Waals surface area contributed by atoms with Crippen LogP contribution < -0.4 is 5.32 Å². The zero-order chi connectivity index (χ0) is 14.3. The van der Waals surface area contributed by atoms with E-state index in [-0.39, 0.29) is 5.75 Å². The Kier molecular flexibility index (Phi) is 2.94. The number of benzene rings is 1. The maximum atomic E-state index is 12.3. The minimum absolute atomic E-state index is 0.0293. The average Bonchev–Trinajstić information content (AvgIpc) is 2.98. The number of phenolic OH excluding ortho intramolecular Hbond substituents is 1. The van der Waals surface area contributed by atoms with Crippen LogP contribution in [0, 0.1) is 11.8 Å². The molecule has 2 aliphatic rings. The molecule has 1 saturated heterocycles. The molecule has 3 rings (SSSR count). The number of carbonyl (C=O) groups excluding carboxylic acids is 1. The number of hydrogen-bond acceptors (Lipinski definition) is 4. The Balaban J connectivity index is 1.80. The first-order chi connectivity index (χ1) is 9.56. The van der Waals surface area contributed by atoms with Crippen LogP contribution in [0.1, 0.15) is 0 Å². The fourth-order valence-electron chi connectivity index (χ4n) is 2.72. The third kappa shape index (κ3) is 2.04. The largest absolute Gasteiger partial charge is 0.508 e. The Bertz CT molecular complexity index is 597. The van der Waals surface area contributed by atoms with Gasteiger partial charge in [-0.3, -0.25) is 9.59 Å². The second-order valence-electron chi connectivity index (χ2n) is 4.88. The van der Waals surface area contributed by atoms with Gasteiger partial charge in [-0.2, -0.15) is 0 Å². The summed E-state index contributed by atoms with van der Waals surface area (Å²) in [5, 5.41) is 21.2. The van der Waals surface area contributed by atoms with Crippen molar-refractivity contribution in [3.8, 4) is 5.75 Å². The number of ether oxygens (including phenoxy) is 1. The third-order valence-electron chi connectivity index (χ3n) is 3.60. The number of aromatic hydroxyl groups is 1. The predicted molar refractivity (Wildman–Crippen MR) is 69.2 cm³/mol. The highest BCUT2D eigenvalue weighted by molar-refractivity contribution is 5.96. The summed E-state index contributed by atoms with van der Waals surface area (Å²) >= 11 is 0. The van der Waals surface area contributed by atoms with Gasteiger partial charge in [-0.1, -0.05) is 18.2 Å². The van der Waals surface area contributed by atoms with Crippen molar-refractivity contribution in [2.45, 2.75) is 12.2 Å². The number of amides is 1. The molecule has 1 fully saturated rings. The standard InChI is InChI=1S/C14H13NO5/c16-8-3-1-2-7(6-8)15-13(17)11-9-4-5-10(20-9)12(11)14(18)19/h1-6,9-12,16H,(H,15,17)(H,18,19)/t9-,10-,11+,12+/m1/s1. The van der Waals surface area contributed by atoms with Gasteiger partial charge < -0.3 is 20.3 Å². The topological polar surface area (TPSA) is 95.9 Å². The summed E-state index contributed by atoms with van der Waals surface area (Å²) in [5.74, 6) is -3.06.